The number of nitrogens with one attached hydrogen (secondary N) is 1. The summed E-state index contributed by atoms with van der Waals surface area (Å²) in [5.41, 5.74) is 1.68. The van der Waals surface area contributed by atoms with Crippen LogP contribution in [0.5, 0.6) is 0 Å². The molecule has 1 unspecified atom stereocenters. The van der Waals surface area contributed by atoms with Crippen LogP contribution in [0.2, 0.25) is 5.02 Å². The number of hydrogen-bond donors (Lipinski definition) is 1. The molecule has 1 atom stereocenters. The number of nitrogens with zero attached hydrogens (tertiary/aromatic N) is 1. The lowest BCUT2D eigenvalue weighted by Gasteiger charge is -2.08. The number of carbonyl (C=O) groups excluding carboxylic acids is 1. The molecular weight excluding hydrogens is 320 g/mol. The summed E-state index contributed by atoms with van der Waals surface area (Å²) in [5, 5.41) is 4.46. The third-order valence-corrected chi connectivity index (χ3v) is 5.09. The van der Waals surface area contributed by atoms with Gasteiger partial charge < -0.3 is 10.1 Å². The van der Waals surface area contributed by atoms with Crippen LogP contribution in [0.25, 0.3) is 10.6 Å². The van der Waals surface area contributed by atoms with Gasteiger partial charge >= 0.3 is 0 Å². The van der Waals surface area contributed by atoms with E-state index in [0.29, 0.717) is 22.4 Å². The van der Waals surface area contributed by atoms with Crippen molar-refractivity contribution >= 4 is 28.8 Å². The summed E-state index contributed by atoms with van der Waals surface area (Å²) in [4.78, 5) is 17.5. The average Bonchev–Trinajstić information content (AvgIpc) is 3.14. The average molecular weight is 337 g/mol. The first-order valence-electron chi connectivity index (χ1n) is 7.23. The first-order chi connectivity index (χ1) is 10.6. The van der Waals surface area contributed by atoms with E-state index >= 15 is 0 Å². The molecule has 1 aliphatic heterocycles. The van der Waals surface area contributed by atoms with Gasteiger partial charge in [0.05, 0.1) is 12.3 Å². The maximum absolute atomic E-state index is 12.3. The highest BCUT2D eigenvalue weighted by molar-refractivity contribution is 7.17. The molecule has 6 heteroatoms. The molecule has 1 N–H and O–H groups in total. The molecule has 0 radical (unpaired) electrons. The summed E-state index contributed by atoms with van der Waals surface area (Å²) in [5.74, 6) is 0.361. The molecule has 1 amide bonds. The van der Waals surface area contributed by atoms with Gasteiger partial charge in [-0.1, -0.05) is 23.7 Å². The second-order valence-corrected chi connectivity index (χ2v) is 6.82. The Morgan fingerprint density at radius 2 is 2.41 bits per heavy atom. The Kier molecular flexibility index (Phi) is 4.76. The van der Waals surface area contributed by atoms with Crippen molar-refractivity contribution in [1.82, 2.24) is 10.3 Å². The van der Waals surface area contributed by atoms with Crippen LogP contribution < -0.4 is 5.32 Å². The fourth-order valence-corrected chi connectivity index (χ4v) is 3.58. The highest BCUT2D eigenvalue weighted by Crippen LogP contribution is 2.29. The minimum atomic E-state index is -0.0600. The van der Waals surface area contributed by atoms with Crippen molar-refractivity contribution in [2.75, 3.05) is 19.8 Å². The van der Waals surface area contributed by atoms with Crippen molar-refractivity contribution < 1.29 is 9.53 Å². The van der Waals surface area contributed by atoms with Crippen molar-refractivity contribution in [3.8, 4) is 10.6 Å². The molecular formula is C16H17ClN2O2S. The van der Waals surface area contributed by atoms with Crippen molar-refractivity contribution in [1.29, 1.82) is 0 Å². The van der Waals surface area contributed by atoms with Crippen LogP contribution in [-0.4, -0.2) is 30.6 Å². The van der Waals surface area contributed by atoms with E-state index in [1.165, 1.54) is 11.3 Å². The second kappa shape index (κ2) is 6.77. The number of carbonyl (C=O) groups is 1. The van der Waals surface area contributed by atoms with Crippen LogP contribution in [0.4, 0.5) is 0 Å². The lowest BCUT2D eigenvalue weighted by Crippen LogP contribution is -2.29. The first kappa shape index (κ1) is 15.5. The standard InChI is InChI=1S/C16H17ClN2O2S/c1-10-14(15(20)18-8-11-5-6-21-9-11)22-16(19-10)12-3-2-4-13(17)7-12/h2-4,7,11H,5-6,8-9H2,1H3,(H,18,20). The van der Waals surface area contributed by atoms with Gasteiger partial charge in [0, 0.05) is 29.7 Å². The number of ether oxygens (including phenoxy) is 1. The van der Waals surface area contributed by atoms with Crippen molar-refractivity contribution in [2.24, 2.45) is 5.92 Å². The first-order valence-corrected chi connectivity index (χ1v) is 8.42. The van der Waals surface area contributed by atoms with E-state index in [1.54, 1.807) is 0 Å². The van der Waals surface area contributed by atoms with E-state index in [4.69, 9.17) is 16.3 Å². The molecule has 116 valence electrons. The van der Waals surface area contributed by atoms with Gasteiger partial charge in [-0.25, -0.2) is 4.98 Å². The van der Waals surface area contributed by atoms with Gasteiger partial charge in [-0.05, 0) is 25.5 Å². The Morgan fingerprint density at radius 1 is 1.55 bits per heavy atom. The smallest absolute Gasteiger partial charge is 0.263 e. The Balaban J connectivity index is 1.72. The number of benzene rings is 1. The summed E-state index contributed by atoms with van der Waals surface area (Å²) in [7, 11) is 0. The van der Waals surface area contributed by atoms with Gasteiger partial charge in [-0.15, -0.1) is 11.3 Å². The zero-order valence-electron chi connectivity index (χ0n) is 12.3. The van der Waals surface area contributed by atoms with Crippen LogP contribution in [0.15, 0.2) is 24.3 Å². The number of amides is 1. The molecule has 0 saturated carbocycles. The van der Waals surface area contributed by atoms with Crippen LogP contribution in [0.3, 0.4) is 0 Å². The Hall–Kier alpha value is -1.43. The Morgan fingerprint density at radius 3 is 3.14 bits per heavy atom. The fraction of sp³-hybridized carbons (Fsp3) is 0.375. The summed E-state index contributed by atoms with van der Waals surface area (Å²) in [6.07, 6.45) is 1.01. The van der Waals surface area contributed by atoms with Gasteiger partial charge in [0.2, 0.25) is 0 Å². The normalized spacial score (nSPS) is 17.6. The van der Waals surface area contributed by atoms with Crippen LogP contribution >= 0.6 is 22.9 Å². The SMILES string of the molecule is Cc1nc(-c2cccc(Cl)c2)sc1C(=O)NCC1CCOC1. The van der Waals surface area contributed by atoms with E-state index in [2.05, 4.69) is 10.3 Å². The van der Waals surface area contributed by atoms with Gasteiger partial charge in [-0.2, -0.15) is 0 Å². The minimum Gasteiger partial charge on any atom is -0.381 e. The maximum atomic E-state index is 12.3. The maximum Gasteiger partial charge on any atom is 0.263 e. The summed E-state index contributed by atoms with van der Waals surface area (Å²) in [6.45, 7) is 4.04. The van der Waals surface area contributed by atoms with E-state index in [9.17, 15) is 4.79 Å². The highest BCUT2D eigenvalue weighted by Gasteiger charge is 2.20. The number of aryl methyl sites for hydroxylation is 1. The number of halogens is 1. The van der Waals surface area contributed by atoms with Gasteiger partial charge in [0.1, 0.15) is 9.88 Å². The molecule has 1 aliphatic rings. The van der Waals surface area contributed by atoms with E-state index in [-0.39, 0.29) is 5.91 Å². The molecule has 22 heavy (non-hydrogen) atoms. The lowest BCUT2D eigenvalue weighted by molar-refractivity contribution is 0.0948. The van der Waals surface area contributed by atoms with Crippen LogP contribution in [0, 0.1) is 12.8 Å². The molecule has 1 saturated heterocycles. The van der Waals surface area contributed by atoms with E-state index in [0.717, 1.165) is 35.9 Å². The van der Waals surface area contributed by atoms with Crippen molar-refractivity contribution in [3.63, 3.8) is 0 Å². The molecule has 0 bridgehead atoms. The van der Waals surface area contributed by atoms with Crippen LogP contribution in [-0.2, 0) is 4.74 Å². The topological polar surface area (TPSA) is 51.2 Å². The van der Waals surface area contributed by atoms with E-state index in [1.807, 2.05) is 31.2 Å². The van der Waals surface area contributed by atoms with Crippen molar-refractivity contribution in [3.05, 3.63) is 39.9 Å². The predicted octanol–water partition coefficient (Wildman–Crippen LogP) is 3.54. The van der Waals surface area contributed by atoms with Crippen LogP contribution in [0.1, 0.15) is 21.8 Å². The predicted molar refractivity (Wildman–Crippen MR) is 88.6 cm³/mol. The molecule has 2 aromatic rings. The molecule has 2 heterocycles. The highest BCUT2D eigenvalue weighted by atomic mass is 35.5. The van der Waals surface area contributed by atoms with Gasteiger partial charge in [0.25, 0.3) is 5.91 Å². The molecule has 1 aromatic carbocycles. The van der Waals surface area contributed by atoms with Gasteiger partial charge in [0.15, 0.2) is 0 Å². The Bertz CT molecular complexity index is 681. The van der Waals surface area contributed by atoms with Crippen molar-refractivity contribution in [2.45, 2.75) is 13.3 Å². The Labute approximate surface area is 138 Å². The number of thiazole rings is 1. The zero-order chi connectivity index (χ0) is 15.5. The van der Waals surface area contributed by atoms with Gasteiger partial charge in [-0.3, -0.25) is 4.79 Å². The molecule has 1 fully saturated rings. The molecule has 4 nitrogen and oxygen atoms in total. The number of aromatic nitrogens is 1. The number of hydrogen-bond acceptors (Lipinski definition) is 4. The quantitative estimate of drug-likeness (QED) is 0.929. The third-order valence-electron chi connectivity index (χ3n) is 3.65. The monoisotopic (exact) mass is 336 g/mol. The second-order valence-electron chi connectivity index (χ2n) is 5.38. The largest absolute Gasteiger partial charge is 0.381 e. The molecule has 3 rings (SSSR count). The number of rotatable bonds is 4. The zero-order valence-corrected chi connectivity index (χ0v) is 13.8. The molecule has 0 spiro atoms. The summed E-state index contributed by atoms with van der Waals surface area (Å²) >= 11 is 7.41. The molecule has 0 aliphatic carbocycles. The summed E-state index contributed by atoms with van der Waals surface area (Å²) < 4.78 is 5.32. The lowest BCUT2D eigenvalue weighted by atomic mass is 10.1. The summed E-state index contributed by atoms with van der Waals surface area (Å²) in [6, 6.07) is 7.51. The van der Waals surface area contributed by atoms with E-state index < -0.39 is 0 Å². The third kappa shape index (κ3) is 3.48. The minimum absolute atomic E-state index is 0.0600. The molecule has 1 aromatic heterocycles. The fourth-order valence-electron chi connectivity index (χ4n) is 2.41.